The number of carbonyl (C=O) groups is 1. The lowest BCUT2D eigenvalue weighted by Crippen LogP contribution is -2.33. The highest BCUT2D eigenvalue weighted by molar-refractivity contribution is 6.31. The summed E-state index contributed by atoms with van der Waals surface area (Å²) in [4.78, 5) is 12.5. The number of aromatic nitrogens is 2. The summed E-state index contributed by atoms with van der Waals surface area (Å²) in [6.07, 6.45) is -1.98. The van der Waals surface area contributed by atoms with Crippen molar-refractivity contribution < 1.29 is 23.1 Å². The molecule has 2 saturated carbocycles. The van der Waals surface area contributed by atoms with Crippen molar-refractivity contribution in [3.05, 3.63) is 64.3 Å². The molecule has 5 rings (SSSR count). The molecule has 5 nitrogen and oxygen atoms in total. The van der Waals surface area contributed by atoms with Crippen molar-refractivity contribution in [1.29, 1.82) is 0 Å². The summed E-state index contributed by atoms with van der Waals surface area (Å²) in [7, 11) is 0. The van der Waals surface area contributed by atoms with Crippen molar-refractivity contribution in [3.8, 4) is 0 Å². The lowest BCUT2D eigenvalue weighted by molar-refractivity contribution is -0.137. The third-order valence-electron chi connectivity index (χ3n) is 6.25. The van der Waals surface area contributed by atoms with Gasteiger partial charge in [0, 0.05) is 22.0 Å². The second kappa shape index (κ2) is 6.46. The summed E-state index contributed by atoms with van der Waals surface area (Å²) < 4.78 is 38.6. The van der Waals surface area contributed by atoms with Crippen LogP contribution in [0.4, 0.5) is 13.2 Å². The molecule has 0 radical (unpaired) electrons. The van der Waals surface area contributed by atoms with Crippen LogP contribution in [0.15, 0.2) is 42.6 Å². The minimum absolute atomic E-state index is 0.0278. The Labute approximate surface area is 174 Å². The normalized spacial score (nSPS) is 27.8. The van der Waals surface area contributed by atoms with E-state index in [0.717, 1.165) is 23.0 Å². The maximum atomic E-state index is 12.9. The number of benzene rings is 2. The van der Waals surface area contributed by atoms with Gasteiger partial charge in [-0.1, -0.05) is 17.7 Å². The second-order valence-corrected chi connectivity index (χ2v) is 8.57. The number of alkyl halides is 3. The summed E-state index contributed by atoms with van der Waals surface area (Å²) >= 11 is 6.18. The standard InChI is InChI=1S/C21H17ClF3N3O2/c22-12-5-16(15-9-26-28-17(15)6-12)20(30)7-13-14(8-20)18(13)27-19(29)10-2-1-3-11(4-10)21(23,24)25/h1-6,9,13-14,18,30H,7-8H2,(H,26,28)(H,27,29)/t13-,14+,18+,20-. The van der Waals surface area contributed by atoms with E-state index in [0.29, 0.717) is 23.4 Å². The minimum atomic E-state index is -4.50. The number of fused-ring (bicyclic) bond motifs is 2. The number of halogens is 4. The van der Waals surface area contributed by atoms with Crippen LogP contribution in [0.5, 0.6) is 0 Å². The number of hydrogen-bond donors (Lipinski definition) is 3. The van der Waals surface area contributed by atoms with Crippen LogP contribution in [0.3, 0.4) is 0 Å². The predicted molar refractivity (Wildman–Crippen MR) is 104 cm³/mol. The van der Waals surface area contributed by atoms with E-state index in [1.807, 2.05) is 0 Å². The maximum absolute atomic E-state index is 12.9. The van der Waals surface area contributed by atoms with Gasteiger partial charge in [-0.25, -0.2) is 0 Å². The minimum Gasteiger partial charge on any atom is -0.385 e. The summed E-state index contributed by atoms with van der Waals surface area (Å²) in [5, 5.41) is 22.2. The molecule has 0 saturated heterocycles. The van der Waals surface area contributed by atoms with Gasteiger partial charge in [-0.2, -0.15) is 18.3 Å². The highest BCUT2D eigenvalue weighted by Crippen LogP contribution is 2.60. The fourth-order valence-electron chi connectivity index (χ4n) is 4.77. The van der Waals surface area contributed by atoms with Gasteiger partial charge in [0.05, 0.1) is 22.9 Å². The molecule has 0 unspecified atom stereocenters. The number of nitrogens with one attached hydrogen (secondary N) is 2. The van der Waals surface area contributed by atoms with E-state index < -0.39 is 23.2 Å². The lowest BCUT2D eigenvalue weighted by atomic mass is 9.86. The smallest absolute Gasteiger partial charge is 0.385 e. The first-order valence-corrected chi connectivity index (χ1v) is 9.87. The number of hydrogen-bond acceptors (Lipinski definition) is 3. The van der Waals surface area contributed by atoms with E-state index in [1.165, 1.54) is 12.1 Å². The fraction of sp³-hybridized carbons (Fsp3) is 0.333. The number of amides is 1. The highest BCUT2D eigenvalue weighted by atomic mass is 35.5. The van der Waals surface area contributed by atoms with Gasteiger partial charge in [0.25, 0.3) is 5.91 Å². The average Bonchev–Trinajstić information content (AvgIpc) is 3.03. The molecule has 2 aliphatic carbocycles. The maximum Gasteiger partial charge on any atom is 0.416 e. The number of carbonyl (C=O) groups excluding carboxylic acids is 1. The third kappa shape index (κ3) is 3.15. The second-order valence-electron chi connectivity index (χ2n) is 8.13. The fourth-order valence-corrected chi connectivity index (χ4v) is 4.99. The Kier molecular flexibility index (Phi) is 4.17. The molecule has 2 aliphatic rings. The molecule has 156 valence electrons. The first kappa shape index (κ1) is 19.4. The lowest BCUT2D eigenvalue weighted by Gasteiger charge is -2.27. The molecule has 0 aliphatic heterocycles. The number of nitrogens with zero attached hydrogens (tertiary/aromatic N) is 1. The van der Waals surface area contributed by atoms with Gasteiger partial charge in [-0.15, -0.1) is 0 Å². The van der Waals surface area contributed by atoms with Gasteiger partial charge in [0.2, 0.25) is 0 Å². The molecule has 2 fully saturated rings. The summed E-state index contributed by atoms with van der Waals surface area (Å²) in [5.41, 5.74) is -0.528. The Hall–Kier alpha value is -2.58. The van der Waals surface area contributed by atoms with E-state index >= 15 is 0 Å². The largest absolute Gasteiger partial charge is 0.416 e. The molecule has 4 atom stereocenters. The summed E-state index contributed by atoms with van der Waals surface area (Å²) in [6.45, 7) is 0. The topological polar surface area (TPSA) is 78.0 Å². The molecule has 2 aromatic carbocycles. The van der Waals surface area contributed by atoms with Gasteiger partial charge in [-0.3, -0.25) is 9.89 Å². The monoisotopic (exact) mass is 435 g/mol. The van der Waals surface area contributed by atoms with Crippen LogP contribution in [0.1, 0.15) is 34.3 Å². The molecular formula is C21H17ClF3N3O2. The summed E-state index contributed by atoms with van der Waals surface area (Å²) in [5.74, 6) is -0.416. The van der Waals surface area contributed by atoms with Gasteiger partial charge >= 0.3 is 6.18 Å². The van der Waals surface area contributed by atoms with Crippen molar-refractivity contribution in [1.82, 2.24) is 15.5 Å². The van der Waals surface area contributed by atoms with Gasteiger partial charge in [-0.05, 0) is 60.6 Å². The van der Waals surface area contributed by atoms with Crippen molar-refractivity contribution in [2.24, 2.45) is 11.8 Å². The van der Waals surface area contributed by atoms with E-state index in [4.69, 9.17) is 11.6 Å². The van der Waals surface area contributed by atoms with Gasteiger partial charge < -0.3 is 10.4 Å². The van der Waals surface area contributed by atoms with Crippen molar-refractivity contribution in [2.75, 3.05) is 0 Å². The average molecular weight is 436 g/mol. The predicted octanol–water partition coefficient (Wildman–Crippen LogP) is 4.26. The number of aromatic amines is 1. The van der Waals surface area contributed by atoms with Gasteiger partial charge in [0.15, 0.2) is 0 Å². The van der Waals surface area contributed by atoms with E-state index in [-0.39, 0.29) is 23.4 Å². The van der Waals surface area contributed by atoms with Crippen molar-refractivity contribution >= 4 is 28.4 Å². The Bertz CT molecular complexity index is 1150. The van der Waals surface area contributed by atoms with Gasteiger partial charge in [0.1, 0.15) is 0 Å². The molecule has 0 bridgehead atoms. The number of aliphatic hydroxyl groups is 1. The van der Waals surface area contributed by atoms with Crippen LogP contribution in [-0.2, 0) is 11.8 Å². The van der Waals surface area contributed by atoms with Crippen LogP contribution < -0.4 is 5.32 Å². The first-order chi connectivity index (χ1) is 14.2. The highest BCUT2D eigenvalue weighted by Gasteiger charge is 2.62. The van der Waals surface area contributed by atoms with Crippen LogP contribution in [0, 0.1) is 11.8 Å². The molecule has 3 N–H and O–H groups in total. The molecule has 30 heavy (non-hydrogen) atoms. The van der Waals surface area contributed by atoms with E-state index in [1.54, 1.807) is 18.3 Å². The molecule has 1 aromatic heterocycles. The molecule has 0 spiro atoms. The molecule has 3 aromatic rings. The SMILES string of the molecule is O=C(N[C@H]1[C@@H]2C[C@](O)(c3cc(Cl)cc4[nH]ncc34)C[C@@H]21)c1cccc(C(F)(F)F)c1. The molecule has 1 amide bonds. The van der Waals surface area contributed by atoms with Crippen LogP contribution in [0.25, 0.3) is 10.9 Å². The molecule has 9 heteroatoms. The quantitative estimate of drug-likeness (QED) is 0.575. The van der Waals surface area contributed by atoms with E-state index in [2.05, 4.69) is 15.5 Å². The molecular weight excluding hydrogens is 419 g/mol. The van der Waals surface area contributed by atoms with Crippen LogP contribution >= 0.6 is 11.6 Å². The van der Waals surface area contributed by atoms with Crippen LogP contribution in [0.2, 0.25) is 5.02 Å². The Balaban J connectivity index is 1.30. The zero-order valence-corrected chi connectivity index (χ0v) is 16.3. The Morgan fingerprint density at radius 2 is 1.97 bits per heavy atom. The number of H-pyrrole nitrogens is 1. The van der Waals surface area contributed by atoms with Crippen molar-refractivity contribution in [2.45, 2.75) is 30.7 Å². The zero-order valence-electron chi connectivity index (χ0n) is 15.5. The zero-order chi connectivity index (χ0) is 21.3. The Morgan fingerprint density at radius 3 is 2.67 bits per heavy atom. The first-order valence-electron chi connectivity index (χ1n) is 9.49. The van der Waals surface area contributed by atoms with E-state index in [9.17, 15) is 23.1 Å². The molecule has 1 heterocycles. The number of rotatable bonds is 3. The Morgan fingerprint density at radius 1 is 1.23 bits per heavy atom. The summed E-state index contributed by atoms with van der Waals surface area (Å²) in [6, 6.07) is 7.69. The third-order valence-corrected chi connectivity index (χ3v) is 6.47. The van der Waals surface area contributed by atoms with Crippen molar-refractivity contribution in [3.63, 3.8) is 0 Å². The van der Waals surface area contributed by atoms with Crippen LogP contribution in [-0.4, -0.2) is 27.3 Å².